The third-order valence-corrected chi connectivity index (χ3v) is 5.34. The molecule has 0 aliphatic heterocycles. The number of anilines is 1. The third-order valence-electron chi connectivity index (χ3n) is 5.34. The minimum absolute atomic E-state index is 0.109. The van der Waals surface area contributed by atoms with E-state index < -0.39 is 0 Å². The zero-order valence-corrected chi connectivity index (χ0v) is 12.0. The second kappa shape index (κ2) is 4.12. The molecule has 1 aliphatic rings. The molecule has 0 bridgehead atoms. The second-order valence-electron chi connectivity index (χ2n) is 6.35. The fourth-order valence-corrected chi connectivity index (χ4v) is 3.37. The van der Waals surface area contributed by atoms with Gasteiger partial charge in [0.2, 0.25) is 0 Å². The Morgan fingerprint density at radius 1 is 1.40 bits per heavy atom. The summed E-state index contributed by atoms with van der Waals surface area (Å²) in [6.07, 6.45) is 3.32. The smallest absolute Gasteiger partial charge is 0.184 e. The van der Waals surface area contributed by atoms with Gasteiger partial charge in [0.25, 0.3) is 0 Å². The lowest BCUT2D eigenvalue weighted by molar-refractivity contribution is 0.0558. The van der Waals surface area contributed by atoms with Crippen LogP contribution in [0.4, 0.5) is 5.82 Å². The van der Waals surface area contributed by atoms with Gasteiger partial charge in [-0.3, -0.25) is 0 Å². The van der Waals surface area contributed by atoms with Crippen LogP contribution in [0.1, 0.15) is 33.6 Å². The van der Waals surface area contributed by atoms with Crippen LogP contribution in [0, 0.1) is 11.3 Å². The van der Waals surface area contributed by atoms with Gasteiger partial charge in [-0.25, -0.2) is 14.6 Å². The summed E-state index contributed by atoms with van der Waals surface area (Å²) in [6, 6.07) is 0. The molecule has 3 N–H and O–H groups in total. The van der Waals surface area contributed by atoms with Crippen LogP contribution in [-0.4, -0.2) is 36.7 Å². The van der Waals surface area contributed by atoms with Crippen LogP contribution in [0.2, 0.25) is 0 Å². The lowest BCUT2D eigenvalue weighted by Gasteiger charge is -2.41. The number of hydrogen-bond donors (Lipinski definition) is 2. The Kier molecular flexibility index (Phi) is 2.72. The lowest BCUT2D eigenvalue weighted by Crippen LogP contribution is -2.44. The highest BCUT2D eigenvalue weighted by molar-refractivity contribution is 5.80. The molecule has 0 spiro atoms. The molecule has 3 rings (SSSR count). The molecule has 0 aromatic carbocycles. The van der Waals surface area contributed by atoms with Crippen LogP contribution >= 0.6 is 0 Å². The molecule has 7 heteroatoms. The molecule has 1 aliphatic carbocycles. The summed E-state index contributed by atoms with van der Waals surface area (Å²) < 4.78 is 1.86. The van der Waals surface area contributed by atoms with Crippen molar-refractivity contribution in [2.24, 2.45) is 11.3 Å². The lowest BCUT2D eigenvalue weighted by atomic mass is 9.71. The van der Waals surface area contributed by atoms with E-state index in [2.05, 4.69) is 41.1 Å². The summed E-state index contributed by atoms with van der Waals surface area (Å²) in [5.74, 6) is 0.588. The van der Waals surface area contributed by atoms with Gasteiger partial charge in [-0.1, -0.05) is 19.1 Å². The molecule has 0 saturated heterocycles. The molecular weight excluding hydrogens is 256 g/mol. The van der Waals surface area contributed by atoms with Crippen LogP contribution in [0.3, 0.4) is 0 Å². The highest BCUT2D eigenvalue weighted by atomic mass is 16.3. The summed E-state index contributed by atoms with van der Waals surface area (Å²) in [5.41, 5.74) is 6.66. The van der Waals surface area contributed by atoms with Crippen LogP contribution in [0.15, 0.2) is 6.33 Å². The molecule has 0 amide bonds. The van der Waals surface area contributed by atoms with E-state index in [0.717, 1.165) is 12.8 Å². The van der Waals surface area contributed by atoms with E-state index in [1.165, 1.54) is 6.33 Å². The van der Waals surface area contributed by atoms with E-state index in [0.29, 0.717) is 17.0 Å². The maximum atomic E-state index is 9.60. The van der Waals surface area contributed by atoms with E-state index in [-0.39, 0.29) is 23.5 Å². The van der Waals surface area contributed by atoms with Gasteiger partial charge in [-0.2, -0.15) is 0 Å². The van der Waals surface area contributed by atoms with Gasteiger partial charge in [-0.05, 0) is 31.1 Å². The molecule has 1 saturated carbocycles. The third kappa shape index (κ3) is 1.49. The summed E-state index contributed by atoms with van der Waals surface area (Å²) >= 11 is 0. The van der Waals surface area contributed by atoms with Gasteiger partial charge in [0.15, 0.2) is 17.0 Å². The molecule has 20 heavy (non-hydrogen) atoms. The first kappa shape index (κ1) is 13.2. The Morgan fingerprint density at radius 2 is 2.15 bits per heavy atom. The van der Waals surface area contributed by atoms with E-state index in [4.69, 9.17) is 5.73 Å². The quantitative estimate of drug-likeness (QED) is 0.846. The van der Waals surface area contributed by atoms with Crippen molar-refractivity contribution in [1.82, 2.24) is 25.0 Å². The SMILES string of the molecule is CC1(C)[C@@H](CO)CC[C@@]1(C)n1nnc2c(N)ncnc21. The molecule has 1 fully saturated rings. The first-order chi connectivity index (χ1) is 9.41. The highest BCUT2D eigenvalue weighted by Gasteiger charge is 2.53. The number of nitrogens with two attached hydrogens (primary N) is 1. The minimum atomic E-state index is -0.254. The zero-order chi connectivity index (χ0) is 14.5. The molecule has 7 nitrogen and oxygen atoms in total. The first-order valence-corrected chi connectivity index (χ1v) is 6.85. The van der Waals surface area contributed by atoms with Gasteiger partial charge < -0.3 is 10.8 Å². The Morgan fingerprint density at radius 3 is 2.80 bits per heavy atom. The predicted octanol–water partition coefficient (Wildman–Crippen LogP) is 0.947. The number of aromatic nitrogens is 5. The molecule has 2 aromatic heterocycles. The number of hydrogen-bond acceptors (Lipinski definition) is 6. The van der Waals surface area contributed by atoms with E-state index in [1.54, 1.807) is 0 Å². The Labute approximate surface area is 117 Å². The molecule has 0 radical (unpaired) electrons. The van der Waals surface area contributed by atoms with Crippen LogP contribution < -0.4 is 5.73 Å². The fourth-order valence-electron chi connectivity index (χ4n) is 3.37. The van der Waals surface area contributed by atoms with Gasteiger partial charge in [-0.15, -0.1) is 5.10 Å². The Hall–Kier alpha value is -1.76. The summed E-state index contributed by atoms with van der Waals surface area (Å²) in [5, 5.41) is 18.0. The number of aliphatic hydroxyl groups is 1. The maximum Gasteiger partial charge on any atom is 0.184 e. The normalized spacial score (nSPS) is 29.1. The first-order valence-electron chi connectivity index (χ1n) is 6.85. The van der Waals surface area contributed by atoms with Crippen molar-refractivity contribution in [2.45, 2.75) is 39.2 Å². The van der Waals surface area contributed by atoms with Crippen molar-refractivity contribution < 1.29 is 5.11 Å². The van der Waals surface area contributed by atoms with E-state index in [9.17, 15) is 5.11 Å². The fraction of sp³-hybridized carbons (Fsp3) is 0.692. The van der Waals surface area contributed by atoms with Gasteiger partial charge in [0, 0.05) is 6.61 Å². The van der Waals surface area contributed by atoms with Crippen molar-refractivity contribution >= 4 is 17.0 Å². The molecular formula is C13H20N6O. The van der Waals surface area contributed by atoms with Crippen LogP contribution in [-0.2, 0) is 5.54 Å². The van der Waals surface area contributed by atoms with Crippen molar-refractivity contribution in [3.8, 4) is 0 Å². The van der Waals surface area contributed by atoms with E-state index in [1.807, 2.05) is 4.68 Å². The predicted molar refractivity (Wildman–Crippen MR) is 74.8 cm³/mol. The molecule has 2 atom stereocenters. The van der Waals surface area contributed by atoms with Crippen molar-refractivity contribution in [3.63, 3.8) is 0 Å². The standard InChI is InChI=1S/C13H20N6O/c1-12(2)8(6-20)4-5-13(12,3)19-11-9(17-18-19)10(14)15-7-16-11/h7-8,20H,4-6H2,1-3H3,(H2,14,15,16)/t8-,13-/m1/s1. The second-order valence-corrected chi connectivity index (χ2v) is 6.35. The Bertz CT molecular complexity index is 651. The average Bonchev–Trinajstić information content (AvgIpc) is 2.92. The van der Waals surface area contributed by atoms with Crippen LogP contribution in [0.25, 0.3) is 11.2 Å². The minimum Gasteiger partial charge on any atom is -0.396 e. The number of nitrogens with zero attached hydrogens (tertiary/aromatic N) is 5. The summed E-state index contributed by atoms with van der Waals surface area (Å²) in [7, 11) is 0. The number of aliphatic hydroxyl groups excluding tert-OH is 1. The molecule has 108 valence electrons. The molecule has 2 heterocycles. The van der Waals surface area contributed by atoms with Crippen molar-refractivity contribution in [3.05, 3.63) is 6.33 Å². The summed E-state index contributed by atoms with van der Waals surface area (Å²) in [4.78, 5) is 8.24. The zero-order valence-electron chi connectivity index (χ0n) is 12.0. The average molecular weight is 276 g/mol. The van der Waals surface area contributed by atoms with Gasteiger partial charge in [0.1, 0.15) is 6.33 Å². The summed E-state index contributed by atoms with van der Waals surface area (Å²) in [6.45, 7) is 6.67. The highest BCUT2D eigenvalue weighted by Crippen LogP contribution is 2.54. The van der Waals surface area contributed by atoms with Gasteiger partial charge >= 0.3 is 0 Å². The largest absolute Gasteiger partial charge is 0.396 e. The number of rotatable bonds is 2. The number of nitrogen functional groups attached to an aromatic ring is 1. The monoisotopic (exact) mass is 276 g/mol. The topological polar surface area (TPSA) is 103 Å². The molecule has 0 unspecified atom stereocenters. The number of fused-ring (bicyclic) bond motifs is 1. The van der Waals surface area contributed by atoms with Crippen molar-refractivity contribution in [1.29, 1.82) is 0 Å². The maximum absolute atomic E-state index is 9.60. The van der Waals surface area contributed by atoms with Gasteiger partial charge in [0.05, 0.1) is 5.54 Å². The molecule has 2 aromatic rings. The Balaban J connectivity index is 2.18. The van der Waals surface area contributed by atoms with E-state index >= 15 is 0 Å². The van der Waals surface area contributed by atoms with Crippen molar-refractivity contribution in [2.75, 3.05) is 12.3 Å². The van der Waals surface area contributed by atoms with Crippen LogP contribution in [0.5, 0.6) is 0 Å².